The Bertz CT molecular complexity index is 813. The minimum Gasteiger partial charge on any atom is -0.323 e. The number of nitrogens with zero attached hydrogens (tertiary/aromatic N) is 2. The van der Waals surface area contributed by atoms with Crippen molar-refractivity contribution in [3.8, 4) is 0 Å². The summed E-state index contributed by atoms with van der Waals surface area (Å²) >= 11 is 0. The first kappa shape index (κ1) is 19.9. The number of piperidine rings is 1. The highest BCUT2D eigenvalue weighted by Gasteiger charge is 2.53. The molecule has 154 valence electrons. The van der Waals surface area contributed by atoms with Crippen molar-refractivity contribution in [1.29, 1.82) is 0 Å². The van der Waals surface area contributed by atoms with Crippen LogP contribution in [0.25, 0.3) is 0 Å². The largest absolute Gasteiger partial charge is 0.323 e. The molecule has 1 aliphatic carbocycles. The van der Waals surface area contributed by atoms with Crippen molar-refractivity contribution in [2.75, 3.05) is 19.6 Å². The van der Waals surface area contributed by atoms with Gasteiger partial charge in [0.25, 0.3) is 0 Å². The Balaban J connectivity index is 1.51. The second-order valence-electron chi connectivity index (χ2n) is 8.97. The first-order valence-electron chi connectivity index (χ1n) is 10.5. The molecule has 3 fully saturated rings. The molecule has 2 aliphatic heterocycles. The van der Waals surface area contributed by atoms with Crippen LogP contribution in [0.15, 0.2) is 35.2 Å². The fourth-order valence-electron chi connectivity index (χ4n) is 4.57. The number of hydrogen-bond acceptors (Lipinski definition) is 4. The van der Waals surface area contributed by atoms with Crippen molar-refractivity contribution in [1.82, 2.24) is 14.5 Å². The van der Waals surface area contributed by atoms with Crippen LogP contribution in [0, 0.1) is 11.8 Å². The molecule has 1 unspecified atom stereocenters. The Morgan fingerprint density at radius 2 is 1.79 bits per heavy atom. The predicted octanol–water partition coefficient (Wildman–Crippen LogP) is 2.42. The molecule has 6 nitrogen and oxygen atoms in total. The topological polar surface area (TPSA) is 69.7 Å². The standard InChI is InChI=1S/C21H31N3O3S/c1-16(2)14-19-20(25)24(15-17-8-9-17)21(22-19)10-12-23(13-11-21)28(26,27)18-6-4-3-5-7-18/h3-7,16-17,19,22H,8-15H2,1-2H3. The third kappa shape index (κ3) is 3.72. The lowest BCUT2D eigenvalue weighted by atomic mass is 9.96. The van der Waals surface area contributed by atoms with Crippen LogP contribution in [0.2, 0.25) is 0 Å². The zero-order valence-electron chi connectivity index (χ0n) is 16.8. The smallest absolute Gasteiger partial charge is 0.243 e. The average molecular weight is 406 g/mol. The van der Waals surface area contributed by atoms with E-state index in [1.807, 2.05) is 6.07 Å². The SMILES string of the molecule is CC(C)CC1NC2(CCN(S(=O)(=O)c3ccccc3)CC2)N(CC2CC2)C1=O. The van der Waals surface area contributed by atoms with Crippen molar-refractivity contribution in [3.05, 3.63) is 30.3 Å². The monoisotopic (exact) mass is 405 g/mol. The Morgan fingerprint density at radius 1 is 1.14 bits per heavy atom. The molecule has 1 spiro atoms. The molecule has 0 aromatic heterocycles. The van der Waals surface area contributed by atoms with Gasteiger partial charge in [0.05, 0.1) is 16.6 Å². The molecule has 1 aromatic carbocycles. The van der Waals surface area contributed by atoms with Gasteiger partial charge < -0.3 is 4.90 Å². The summed E-state index contributed by atoms with van der Waals surface area (Å²) in [5, 5.41) is 3.64. The molecule has 4 rings (SSSR count). The lowest BCUT2D eigenvalue weighted by Gasteiger charge is -2.44. The van der Waals surface area contributed by atoms with Gasteiger partial charge in [-0.1, -0.05) is 32.0 Å². The van der Waals surface area contributed by atoms with Crippen LogP contribution >= 0.6 is 0 Å². The van der Waals surface area contributed by atoms with E-state index in [1.54, 1.807) is 28.6 Å². The number of amides is 1. The number of nitrogens with one attached hydrogen (secondary N) is 1. The fraction of sp³-hybridized carbons (Fsp3) is 0.667. The van der Waals surface area contributed by atoms with Gasteiger partial charge in [-0.15, -0.1) is 0 Å². The van der Waals surface area contributed by atoms with Gasteiger partial charge in [-0.05, 0) is 56.1 Å². The van der Waals surface area contributed by atoms with E-state index in [2.05, 4.69) is 24.1 Å². The van der Waals surface area contributed by atoms with Crippen molar-refractivity contribution in [2.45, 2.75) is 62.6 Å². The van der Waals surface area contributed by atoms with Gasteiger partial charge in [0, 0.05) is 19.6 Å². The van der Waals surface area contributed by atoms with E-state index in [9.17, 15) is 13.2 Å². The zero-order chi connectivity index (χ0) is 19.9. The Labute approximate surface area is 168 Å². The Morgan fingerprint density at radius 3 is 2.36 bits per heavy atom. The lowest BCUT2D eigenvalue weighted by molar-refractivity contribution is -0.133. The highest BCUT2D eigenvalue weighted by molar-refractivity contribution is 7.89. The highest BCUT2D eigenvalue weighted by atomic mass is 32.2. The lowest BCUT2D eigenvalue weighted by Crippen LogP contribution is -2.59. The van der Waals surface area contributed by atoms with E-state index in [0.717, 1.165) is 13.0 Å². The van der Waals surface area contributed by atoms with E-state index in [0.29, 0.717) is 42.7 Å². The van der Waals surface area contributed by atoms with E-state index in [1.165, 1.54) is 12.8 Å². The van der Waals surface area contributed by atoms with Crippen molar-refractivity contribution in [3.63, 3.8) is 0 Å². The van der Waals surface area contributed by atoms with Crippen LogP contribution < -0.4 is 5.32 Å². The van der Waals surface area contributed by atoms with E-state index in [-0.39, 0.29) is 17.6 Å². The summed E-state index contributed by atoms with van der Waals surface area (Å²) in [5.41, 5.74) is -0.387. The number of rotatable bonds is 6. The number of hydrogen-bond donors (Lipinski definition) is 1. The van der Waals surface area contributed by atoms with Crippen LogP contribution in [-0.4, -0.2) is 54.9 Å². The van der Waals surface area contributed by atoms with Gasteiger partial charge in [-0.3, -0.25) is 10.1 Å². The number of sulfonamides is 1. The maximum absolute atomic E-state index is 13.1. The van der Waals surface area contributed by atoms with Crippen molar-refractivity contribution >= 4 is 15.9 Å². The molecule has 3 aliphatic rings. The predicted molar refractivity (Wildman–Crippen MR) is 108 cm³/mol. The molecule has 0 bridgehead atoms. The van der Waals surface area contributed by atoms with E-state index >= 15 is 0 Å². The first-order chi connectivity index (χ1) is 13.3. The second-order valence-corrected chi connectivity index (χ2v) is 10.9. The van der Waals surface area contributed by atoms with Crippen molar-refractivity contribution < 1.29 is 13.2 Å². The summed E-state index contributed by atoms with van der Waals surface area (Å²) in [5.74, 6) is 1.27. The van der Waals surface area contributed by atoms with Crippen LogP contribution in [0.4, 0.5) is 0 Å². The van der Waals surface area contributed by atoms with Gasteiger partial charge in [-0.25, -0.2) is 8.42 Å². The summed E-state index contributed by atoms with van der Waals surface area (Å²) < 4.78 is 27.5. The van der Waals surface area contributed by atoms with Crippen molar-refractivity contribution in [2.24, 2.45) is 11.8 Å². The normalized spacial score (nSPS) is 25.8. The summed E-state index contributed by atoms with van der Waals surface area (Å²) in [4.78, 5) is 15.5. The maximum atomic E-state index is 13.1. The molecule has 28 heavy (non-hydrogen) atoms. The van der Waals surface area contributed by atoms with E-state index < -0.39 is 10.0 Å². The summed E-state index contributed by atoms with van der Waals surface area (Å²) in [6, 6.07) is 8.48. The molecule has 7 heteroatoms. The average Bonchev–Trinajstić information content (AvgIpc) is 3.46. The molecule has 1 N–H and O–H groups in total. The van der Waals surface area contributed by atoms with E-state index in [4.69, 9.17) is 0 Å². The van der Waals surface area contributed by atoms with Crippen LogP contribution in [-0.2, 0) is 14.8 Å². The molecular weight excluding hydrogens is 374 g/mol. The van der Waals surface area contributed by atoms with Crippen LogP contribution in [0.3, 0.4) is 0 Å². The first-order valence-corrected chi connectivity index (χ1v) is 11.9. The number of benzene rings is 1. The van der Waals surface area contributed by atoms with Gasteiger partial charge in [0.1, 0.15) is 0 Å². The molecule has 0 radical (unpaired) electrons. The Kier molecular flexibility index (Phi) is 5.27. The maximum Gasteiger partial charge on any atom is 0.243 e. The molecule has 1 atom stereocenters. The molecule has 2 saturated heterocycles. The third-order valence-electron chi connectivity index (χ3n) is 6.30. The number of carbonyl (C=O) groups excluding carboxylic acids is 1. The molecule has 1 aromatic rings. The minimum absolute atomic E-state index is 0.143. The fourth-order valence-corrected chi connectivity index (χ4v) is 6.03. The summed E-state index contributed by atoms with van der Waals surface area (Å²) in [6.45, 7) is 5.96. The molecule has 1 amide bonds. The van der Waals surface area contributed by atoms with Gasteiger partial charge in [0.2, 0.25) is 15.9 Å². The Hall–Kier alpha value is -1.44. The molecule has 1 saturated carbocycles. The third-order valence-corrected chi connectivity index (χ3v) is 8.21. The minimum atomic E-state index is -3.48. The van der Waals surface area contributed by atoms with Gasteiger partial charge >= 0.3 is 0 Å². The molecule has 2 heterocycles. The van der Waals surface area contributed by atoms with Crippen LogP contribution in [0.1, 0.15) is 46.0 Å². The highest BCUT2D eigenvalue weighted by Crippen LogP contribution is 2.39. The summed E-state index contributed by atoms with van der Waals surface area (Å²) in [6.07, 6.45) is 4.51. The van der Waals surface area contributed by atoms with Gasteiger partial charge in [-0.2, -0.15) is 4.31 Å². The van der Waals surface area contributed by atoms with Crippen LogP contribution in [0.5, 0.6) is 0 Å². The van der Waals surface area contributed by atoms with Gasteiger partial charge in [0.15, 0.2) is 0 Å². The quantitative estimate of drug-likeness (QED) is 0.789. The summed E-state index contributed by atoms with van der Waals surface area (Å²) in [7, 11) is -3.48. The number of carbonyl (C=O) groups is 1. The second kappa shape index (κ2) is 7.43. The zero-order valence-corrected chi connectivity index (χ0v) is 17.6. The molecular formula is C21H31N3O3S.